The van der Waals surface area contributed by atoms with Gasteiger partial charge in [0.25, 0.3) is 5.91 Å². The van der Waals surface area contributed by atoms with Gasteiger partial charge in [-0.1, -0.05) is 12.1 Å². The van der Waals surface area contributed by atoms with Crippen molar-refractivity contribution in [1.82, 2.24) is 4.57 Å². The molecule has 0 atom stereocenters. The van der Waals surface area contributed by atoms with Gasteiger partial charge in [0.05, 0.1) is 18.3 Å². The number of ether oxygens (including phenoxy) is 1. The average molecular weight is 340 g/mol. The van der Waals surface area contributed by atoms with Crippen molar-refractivity contribution in [2.75, 3.05) is 12.4 Å². The second-order valence-corrected chi connectivity index (χ2v) is 5.47. The molecule has 0 unspecified atom stereocenters. The second-order valence-electron chi connectivity index (χ2n) is 5.47. The predicted octanol–water partition coefficient (Wildman–Crippen LogP) is 3.42. The number of halogens is 1. The number of hydrogen-bond donors (Lipinski definition) is 1. The standard InChI is InChI=1S/C19H17FN2O3/c1-3-22-11-14(18(23)13-10-12(20)8-9-16(13)22)19(24)21-15-6-4-5-7-17(15)25-2/h4-11H,3H2,1-2H3,(H,21,24). The Bertz CT molecular complexity index is 1010. The van der Waals surface area contributed by atoms with Crippen molar-refractivity contribution in [2.24, 2.45) is 0 Å². The maximum Gasteiger partial charge on any atom is 0.261 e. The van der Waals surface area contributed by atoms with E-state index in [1.807, 2.05) is 6.92 Å². The van der Waals surface area contributed by atoms with E-state index in [0.29, 0.717) is 23.5 Å². The fourth-order valence-corrected chi connectivity index (χ4v) is 2.73. The highest BCUT2D eigenvalue weighted by atomic mass is 19.1. The number of para-hydroxylation sites is 2. The fourth-order valence-electron chi connectivity index (χ4n) is 2.73. The van der Waals surface area contributed by atoms with E-state index in [4.69, 9.17) is 4.74 Å². The molecule has 1 N–H and O–H groups in total. The predicted molar refractivity (Wildman–Crippen MR) is 94.8 cm³/mol. The molecule has 0 saturated carbocycles. The van der Waals surface area contributed by atoms with Crippen LogP contribution in [0.1, 0.15) is 17.3 Å². The van der Waals surface area contributed by atoms with E-state index in [0.717, 1.165) is 6.07 Å². The van der Waals surface area contributed by atoms with E-state index in [1.54, 1.807) is 28.8 Å². The van der Waals surface area contributed by atoms with Gasteiger partial charge in [-0.2, -0.15) is 0 Å². The van der Waals surface area contributed by atoms with Gasteiger partial charge in [0.15, 0.2) is 0 Å². The van der Waals surface area contributed by atoms with Gasteiger partial charge in [0, 0.05) is 18.1 Å². The zero-order chi connectivity index (χ0) is 18.0. The van der Waals surface area contributed by atoms with Crippen LogP contribution in [0.3, 0.4) is 0 Å². The Labute approximate surface area is 143 Å². The number of rotatable bonds is 4. The molecule has 0 aliphatic rings. The number of amides is 1. The first-order valence-corrected chi connectivity index (χ1v) is 7.82. The zero-order valence-electron chi connectivity index (χ0n) is 13.9. The molecule has 0 saturated heterocycles. The Morgan fingerprint density at radius 3 is 2.72 bits per heavy atom. The molecule has 25 heavy (non-hydrogen) atoms. The molecule has 1 heterocycles. The van der Waals surface area contributed by atoms with Crippen LogP contribution in [0.4, 0.5) is 10.1 Å². The molecule has 2 aromatic carbocycles. The molecular formula is C19H17FN2O3. The number of fused-ring (bicyclic) bond motifs is 1. The molecule has 0 aliphatic heterocycles. The van der Waals surface area contributed by atoms with Crippen LogP contribution in [0.25, 0.3) is 10.9 Å². The van der Waals surface area contributed by atoms with E-state index in [9.17, 15) is 14.0 Å². The maximum atomic E-state index is 13.6. The number of pyridine rings is 1. The van der Waals surface area contributed by atoms with Crippen molar-refractivity contribution in [3.05, 3.63) is 70.3 Å². The van der Waals surface area contributed by atoms with Crippen molar-refractivity contribution in [3.8, 4) is 5.75 Å². The van der Waals surface area contributed by atoms with Crippen LogP contribution in [-0.2, 0) is 6.54 Å². The lowest BCUT2D eigenvalue weighted by atomic mass is 10.1. The van der Waals surface area contributed by atoms with E-state index in [2.05, 4.69) is 5.32 Å². The Kier molecular flexibility index (Phi) is 4.52. The van der Waals surface area contributed by atoms with E-state index in [1.165, 1.54) is 25.4 Å². The lowest BCUT2D eigenvalue weighted by molar-refractivity contribution is 0.102. The molecule has 1 amide bonds. The minimum atomic E-state index is -0.567. The molecule has 0 aliphatic carbocycles. The first kappa shape index (κ1) is 16.7. The molecule has 6 heteroatoms. The van der Waals surface area contributed by atoms with Crippen molar-refractivity contribution < 1.29 is 13.9 Å². The zero-order valence-corrected chi connectivity index (χ0v) is 13.9. The molecule has 3 aromatic rings. The number of nitrogens with zero attached hydrogens (tertiary/aromatic N) is 1. The van der Waals surface area contributed by atoms with Gasteiger partial charge in [0.1, 0.15) is 17.1 Å². The number of benzene rings is 2. The lowest BCUT2D eigenvalue weighted by Crippen LogP contribution is -2.24. The normalized spacial score (nSPS) is 10.7. The Balaban J connectivity index is 2.10. The summed E-state index contributed by atoms with van der Waals surface area (Å²) in [5, 5.41) is 2.85. The lowest BCUT2D eigenvalue weighted by Gasteiger charge is -2.13. The van der Waals surface area contributed by atoms with Crippen LogP contribution in [0.2, 0.25) is 0 Å². The highest BCUT2D eigenvalue weighted by Crippen LogP contribution is 2.23. The number of anilines is 1. The molecule has 0 fully saturated rings. The third kappa shape index (κ3) is 3.10. The minimum absolute atomic E-state index is 0.0501. The van der Waals surface area contributed by atoms with Gasteiger partial charge in [-0.05, 0) is 37.3 Å². The van der Waals surface area contributed by atoms with Gasteiger partial charge in [0.2, 0.25) is 5.43 Å². The maximum absolute atomic E-state index is 13.6. The van der Waals surface area contributed by atoms with Crippen LogP contribution < -0.4 is 15.5 Å². The van der Waals surface area contributed by atoms with Crippen molar-refractivity contribution in [2.45, 2.75) is 13.5 Å². The topological polar surface area (TPSA) is 60.3 Å². The van der Waals surface area contributed by atoms with Gasteiger partial charge in [-0.3, -0.25) is 9.59 Å². The van der Waals surface area contributed by atoms with E-state index in [-0.39, 0.29) is 10.9 Å². The first-order valence-electron chi connectivity index (χ1n) is 7.82. The summed E-state index contributed by atoms with van der Waals surface area (Å²) in [5.41, 5.74) is 0.483. The first-order chi connectivity index (χ1) is 12.0. The summed E-state index contributed by atoms with van der Waals surface area (Å²) in [6, 6.07) is 10.9. The third-order valence-corrected chi connectivity index (χ3v) is 3.98. The summed E-state index contributed by atoms with van der Waals surface area (Å²) in [5.74, 6) is -0.601. The monoisotopic (exact) mass is 340 g/mol. The molecule has 0 radical (unpaired) electrons. The SMILES string of the molecule is CCn1cc(C(=O)Nc2ccccc2OC)c(=O)c2cc(F)ccc21. The summed E-state index contributed by atoms with van der Waals surface area (Å²) in [6.07, 6.45) is 1.49. The average Bonchev–Trinajstić information content (AvgIpc) is 2.62. The Morgan fingerprint density at radius 1 is 1.24 bits per heavy atom. The van der Waals surface area contributed by atoms with E-state index >= 15 is 0 Å². The van der Waals surface area contributed by atoms with Crippen molar-refractivity contribution >= 4 is 22.5 Å². The molecular weight excluding hydrogens is 323 g/mol. The Morgan fingerprint density at radius 2 is 2.00 bits per heavy atom. The van der Waals surface area contributed by atoms with Gasteiger partial charge < -0.3 is 14.6 Å². The molecule has 3 rings (SSSR count). The number of hydrogen-bond acceptors (Lipinski definition) is 3. The number of aryl methyl sites for hydroxylation is 1. The van der Waals surface area contributed by atoms with Crippen LogP contribution in [0.15, 0.2) is 53.5 Å². The molecule has 1 aromatic heterocycles. The number of carbonyl (C=O) groups excluding carboxylic acids is 1. The minimum Gasteiger partial charge on any atom is -0.495 e. The molecule has 5 nitrogen and oxygen atoms in total. The summed E-state index contributed by atoms with van der Waals surface area (Å²) in [6.45, 7) is 2.42. The summed E-state index contributed by atoms with van der Waals surface area (Å²) in [4.78, 5) is 25.3. The summed E-state index contributed by atoms with van der Waals surface area (Å²) in [7, 11) is 1.49. The van der Waals surface area contributed by atoms with Crippen molar-refractivity contribution in [3.63, 3.8) is 0 Å². The highest BCUT2D eigenvalue weighted by molar-refractivity contribution is 6.06. The number of aromatic nitrogens is 1. The largest absolute Gasteiger partial charge is 0.495 e. The van der Waals surface area contributed by atoms with Gasteiger partial charge >= 0.3 is 0 Å². The van der Waals surface area contributed by atoms with Crippen LogP contribution >= 0.6 is 0 Å². The molecule has 128 valence electrons. The van der Waals surface area contributed by atoms with E-state index < -0.39 is 17.2 Å². The number of nitrogens with one attached hydrogen (secondary N) is 1. The van der Waals surface area contributed by atoms with Crippen molar-refractivity contribution in [1.29, 1.82) is 0 Å². The van der Waals surface area contributed by atoms with Crippen LogP contribution in [-0.4, -0.2) is 17.6 Å². The summed E-state index contributed by atoms with van der Waals surface area (Å²) < 4.78 is 20.5. The van der Waals surface area contributed by atoms with Crippen LogP contribution in [0, 0.1) is 5.82 Å². The molecule has 0 bridgehead atoms. The van der Waals surface area contributed by atoms with Gasteiger partial charge in [-0.25, -0.2) is 4.39 Å². The fraction of sp³-hybridized carbons (Fsp3) is 0.158. The third-order valence-electron chi connectivity index (χ3n) is 3.98. The van der Waals surface area contributed by atoms with Crippen LogP contribution in [0.5, 0.6) is 5.75 Å². The van der Waals surface area contributed by atoms with Gasteiger partial charge in [-0.15, -0.1) is 0 Å². The Hall–Kier alpha value is -3.15. The smallest absolute Gasteiger partial charge is 0.261 e. The summed E-state index contributed by atoms with van der Waals surface area (Å²) >= 11 is 0. The second kappa shape index (κ2) is 6.76. The number of carbonyl (C=O) groups is 1. The number of methoxy groups -OCH3 is 1. The quantitative estimate of drug-likeness (QED) is 0.792. The molecule has 0 spiro atoms. The highest BCUT2D eigenvalue weighted by Gasteiger charge is 2.17.